The molecule has 13 nitrogen and oxygen atoms in total. The van der Waals surface area contributed by atoms with Crippen LogP contribution in [0.5, 0.6) is 0 Å². The number of rotatable bonds is 30. The fourth-order valence-corrected chi connectivity index (χ4v) is 4.70. The number of hydrogen-bond acceptors (Lipinski definition) is 9. The molecule has 0 aliphatic rings. The molecular formula is C30H56N4O9. The van der Waals surface area contributed by atoms with Crippen LogP contribution in [0.1, 0.15) is 104 Å². The lowest BCUT2D eigenvalue weighted by Gasteiger charge is -2.27. The van der Waals surface area contributed by atoms with Crippen molar-refractivity contribution in [2.45, 2.75) is 104 Å². The molecular weight excluding hydrogens is 560 g/mol. The van der Waals surface area contributed by atoms with Crippen molar-refractivity contribution < 1.29 is 44.1 Å². The Labute approximate surface area is 256 Å². The van der Waals surface area contributed by atoms with Crippen LogP contribution in [0.25, 0.3) is 0 Å². The van der Waals surface area contributed by atoms with Crippen molar-refractivity contribution in [3.05, 3.63) is 0 Å². The summed E-state index contributed by atoms with van der Waals surface area (Å²) in [6.45, 7) is 2.44. The molecule has 250 valence electrons. The Bertz CT molecular complexity index is 782. The maximum absolute atomic E-state index is 12.4. The van der Waals surface area contributed by atoms with Crippen molar-refractivity contribution >= 4 is 29.8 Å². The summed E-state index contributed by atoms with van der Waals surface area (Å²) in [5.41, 5.74) is 0. The van der Waals surface area contributed by atoms with Gasteiger partial charge in [0.2, 0.25) is 5.91 Å². The van der Waals surface area contributed by atoms with E-state index in [0.29, 0.717) is 6.54 Å². The van der Waals surface area contributed by atoms with Gasteiger partial charge in [-0.2, -0.15) is 0 Å². The molecule has 1 amide bonds. The van der Waals surface area contributed by atoms with Crippen LogP contribution < -0.4 is 5.32 Å². The summed E-state index contributed by atoms with van der Waals surface area (Å²) in [7, 11) is 0. The Kier molecular flexibility index (Phi) is 25.1. The molecule has 0 saturated heterocycles. The molecule has 0 aromatic heterocycles. The van der Waals surface area contributed by atoms with E-state index in [0.717, 1.165) is 19.3 Å². The maximum Gasteiger partial charge on any atom is 0.322 e. The first-order valence-electron chi connectivity index (χ1n) is 15.8. The Morgan fingerprint density at radius 3 is 1.30 bits per heavy atom. The van der Waals surface area contributed by atoms with Crippen molar-refractivity contribution in [1.82, 2.24) is 20.2 Å². The second kappa shape index (κ2) is 26.8. The SMILES string of the molecule is CCCCCCCCCCCCCCCCNC(=O)CN(CCN(CCN(CC(=O)O)CC(=O)O)OC(C)=O)CC(=O)O. The van der Waals surface area contributed by atoms with Gasteiger partial charge >= 0.3 is 23.9 Å². The predicted octanol–water partition coefficient (Wildman–Crippen LogP) is 3.22. The van der Waals surface area contributed by atoms with Gasteiger partial charge in [-0.1, -0.05) is 90.4 Å². The predicted molar refractivity (Wildman–Crippen MR) is 162 cm³/mol. The third-order valence-electron chi connectivity index (χ3n) is 6.89. The number of nitrogens with one attached hydrogen (secondary N) is 1. The fraction of sp³-hybridized carbons (Fsp3) is 0.833. The number of hydroxylamine groups is 2. The summed E-state index contributed by atoms with van der Waals surface area (Å²) < 4.78 is 0. The van der Waals surface area contributed by atoms with Gasteiger partial charge in [0.25, 0.3) is 0 Å². The Morgan fingerprint density at radius 1 is 0.558 bits per heavy atom. The van der Waals surface area contributed by atoms with Crippen molar-refractivity contribution in [1.29, 1.82) is 0 Å². The van der Waals surface area contributed by atoms with E-state index < -0.39 is 43.5 Å². The quantitative estimate of drug-likeness (QED) is 0.0685. The second-order valence-corrected chi connectivity index (χ2v) is 11.1. The van der Waals surface area contributed by atoms with Gasteiger partial charge in [-0.05, 0) is 6.42 Å². The normalized spacial score (nSPS) is 11.3. The first-order chi connectivity index (χ1) is 20.5. The highest BCUT2D eigenvalue weighted by Gasteiger charge is 2.19. The monoisotopic (exact) mass is 616 g/mol. The highest BCUT2D eigenvalue weighted by atomic mass is 16.7. The molecule has 0 bridgehead atoms. The average Bonchev–Trinajstić information content (AvgIpc) is 2.90. The molecule has 0 aromatic carbocycles. The summed E-state index contributed by atoms with van der Waals surface area (Å²) in [6, 6.07) is 0. The van der Waals surface area contributed by atoms with Crippen LogP contribution in [0, 0.1) is 0 Å². The molecule has 13 heteroatoms. The third kappa shape index (κ3) is 27.8. The Morgan fingerprint density at radius 2 is 0.930 bits per heavy atom. The number of carboxylic acids is 3. The number of aliphatic carboxylic acids is 3. The van der Waals surface area contributed by atoms with E-state index in [1.807, 2.05) is 0 Å². The number of carbonyl (C=O) groups excluding carboxylic acids is 2. The fourth-order valence-electron chi connectivity index (χ4n) is 4.70. The molecule has 4 N–H and O–H groups in total. The number of carboxylic acid groups (broad SMARTS) is 3. The summed E-state index contributed by atoms with van der Waals surface area (Å²) in [5, 5.41) is 31.3. The van der Waals surface area contributed by atoms with Gasteiger partial charge in [-0.15, -0.1) is 5.06 Å². The van der Waals surface area contributed by atoms with Gasteiger partial charge in [-0.3, -0.25) is 33.8 Å². The maximum atomic E-state index is 12.4. The van der Waals surface area contributed by atoms with Crippen molar-refractivity contribution in [2.75, 3.05) is 58.9 Å². The minimum Gasteiger partial charge on any atom is -0.480 e. The first kappa shape index (κ1) is 40.2. The molecule has 0 radical (unpaired) electrons. The molecule has 0 fully saturated rings. The number of carbonyl (C=O) groups is 5. The minimum atomic E-state index is -1.20. The van der Waals surface area contributed by atoms with Crippen LogP contribution in [-0.4, -0.2) is 119 Å². The molecule has 0 unspecified atom stereocenters. The van der Waals surface area contributed by atoms with E-state index in [2.05, 4.69) is 12.2 Å². The highest BCUT2D eigenvalue weighted by molar-refractivity contribution is 5.79. The summed E-state index contributed by atoms with van der Waals surface area (Å²) in [6.07, 6.45) is 17.4. The molecule has 0 atom stereocenters. The Balaban J connectivity index is 4.34. The lowest BCUT2D eigenvalue weighted by Crippen LogP contribution is -2.46. The van der Waals surface area contributed by atoms with E-state index >= 15 is 0 Å². The Hall–Kier alpha value is -2.77. The molecule has 0 saturated carbocycles. The molecule has 43 heavy (non-hydrogen) atoms. The number of nitrogens with zero attached hydrogens (tertiary/aromatic N) is 3. The number of unbranched alkanes of at least 4 members (excludes halogenated alkanes) is 13. The zero-order valence-electron chi connectivity index (χ0n) is 26.4. The summed E-state index contributed by atoms with van der Waals surface area (Å²) >= 11 is 0. The molecule has 0 aliphatic heterocycles. The van der Waals surface area contributed by atoms with Crippen LogP contribution in [0.15, 0.2) is 0 Å². The van der Waals surface area contributed by atoms with E-state index in [4.69, 9.17) is 15.1 Å². The standard InChI is InChI=1S/C30H56N4O9/c1-3-4-5-6-7-8-9-10-11-12-13-14-15-16-17-31-27(36)22-32(23-28(37)38)18-20-34(43-26(2)35)21-19-33(24-29(39)40)25-30(41)42/h3-25H2,1-2H3,(H,31,36)(H,37,38)(H,39,40)(H,41,42). The van der Waals surface area contributed by atoms with Crippen LogP contribution in [-0.2, 0) is 28.8 Å². The smallest absolute Gasteiger partial charge is 0.322 e. The average molecular weight is 617 g/mol. The van der Waals surface area contributed by atoms with E-state index in [1.54, 1.807) is 0 Å². The summed E-state index contributed by atoms with van der Waals surface area (Å²) in [5.74, 6) is -4.46. The van der Waals surface area contributed by atoms with Crippen molar-refractivity contribution in [2.24, 2.45) is 0 Å². The molecule has 0 spiro atoms. The van der Waals surface area contributed by atoms with Gasteiger partial charge in [0.1, 0.15) is 0 Å². The van der Waals surface area contributed by atoms with Gasteiger partial charge in [0.05, 0.1) is 26.2 Å². The topological polar surface area (TPSA) is 177 Å². The van der Waals surface area contributed by atoms with E-state index in [1.165, 1.54) is 92.4 Å². The van der Waals surface area contributed by atoms with Crippen LogP contribution in [0.4, 0.5) is 0 Å². The van der Waals surface area contributed by atoms with Gasteiger partial charge in [-0.25, -0.2) is 0 Å². The van der Waals surface area contributed by atoms with Crippen LogP contribution in [0.2, 0.25) is 0 Å². The largest absolute Gasteiger partial charge is 0.480 e. The van der Waals surface area contributed by atoms with Gasteiger partial charge in [0, 0.05) is 39.6 Å². The van der Waals surface area contributed by atoms with Gasteiger partial charge in [0.15, 0.2) is 0 Å². The first-order valence-corrected chi connectivity index (χ1v) is 15.8. The third-order valence-corrected chi connectivity index (χ3v) is 6.89. The zero-order valence-corrected chi connectivity index (χ0v) is 26.4. The lowest BCUT2D eigenvalue weighted by atomic mass is 10.0. The minimum absolute atomic E-state index is 0.00757. The van der Waals surface area contributed by atoms with Crippen LogP contribution in [0.3, 0.4) is 0 Å². The lowest BCUT2D eigenvalue weighted by molar-refractivity contribution is -0.190. The molecule has 0 aliphatic carbocycles. The molecule has 0 rings (SSSR count). The second-order valence-electron chi connectivity index (χ2n) is 11.1. The number of amides is 1. The zero-order chi connectivity index (χ0) is 32.3. The van der Waals surface area contributed by atoms with E-state index in [9.17, 15) is 29.1 Å². The summed E-state index contributed by atoms with van der Waals surface area (Å²) in [4.78, 5) is 65.1. The van der Waals surface area contributed by atoms with Crippen molar-refractivity contribution in [3.8, 4) is 0 Å². The number of hydrogen-bond donors (Lipinski definition) is 4. The van der Waals surface area contributed by atoms with E-state index in [-0.39, 0.29) is 38.6 Å². The molecule has 0 aromatic rings. The molecule has 0 heterocycles. The van der Waals surface area contributed by atoms with Crippen molar-refractivity contribution in [3.63, 3.8) is 0 Å². The van der Waals surface area contributed by atoms with Gasteiger partial charge < -0.3 is 25.5 Å². The van der Waals surface area contributed by atoms with Crippen LogP contribution >= 0.6 is 0 Å². The highest BCUT2D eigenvalue weighted by Crippen LogP contribution is 2.12.